The highest BCUT2D eigenvalue weighted by Gasteiger charge is 2.68. The highest BCUT2D eigenvalue weighted by atomic mass is 16.5. The molecule has 1 aromatic heterocycles. The third kappa shape index (κ3) is 2.93. The summed E-state index contributed by atoms with van der Waals surface area (Å²) in [6.07, 6.45) is 10.6. The van der Waals surface area contributed by atoms with Gasteiger partial charge in [0.1, 0.15) is 11.9 Å². The minimum absolute atomic E-state index is 0.0830. The number of fused-ring (bicyclic) bond motifs is 2. The molecule has 2 aliphatic heterocycles. The lowest BCUT2D eigenvalue weighted by Gasteiger charge is -2.57. The van der Waals surface area contributed by atoms with Gasteiger partial charge in [-0.1, -0.05) is 44.2 Å². The van der Waals surface area contributed by atoms with Crippen LogP contribution in [0.2, 0.25) is 0 Å². The van der Waals surface area contributed by atoms with Crippen molar-refractivity contribution in [3.63, 3.8) is 0 Å². The Kier molecular flexibility index (Phi) is 4.81. The fourth-order valence-electron chi connectivity index (χ4n) is 8.58. The Balaban J connectivity index is 1.32. The van der Waals surface area contributed by atoms with Gasteiger partial charge in [-0.2, -0.15) is 0 Å². The number of aliphatic hydroxyl groups excluding tert-OH is 2. The molecule has 7 rings (SSSR count). The molecule has 6 heteroatoms. The van der Waals surface area contributed by atoms with Gasteiger partial charge in [-0.15, -0.1) is 0 Å². The zero-order valence-electron chi connectivity index (χ0n) is 22.1. The standard InChI is InChI=1S/C31H37N3O3/c1-17-11-21-14-23-27(35)28(36)24(34(3)4)15-30(23)9-10-31(21,37-30)25-8-7-22(29(17,25)2)18-5-6-19-16-33-26(32)13-20(19)12-18/h5-7,11-14,16-17,24-25,27-28,35-36H,8-10,15H2,1-4H3,(H2,32,33)/t17?,24-,25?,27+,28+,29+,30+,31+/m0/s1. The molecule has 37 heavy (non-hydrogen) atoms. The highest BCUT2D eigenvalue weighted by Crippen LogP contribution is 2.69. The lowest BCUT2D eigenvalue weighted by atomic mass is 9.54. The van der Waals surface area contributed by atoms with Gasteiger partial charge < -0.3 is 25.6 Å². The van der Waals surface area contributed by atoms with E-state index in [1.807, 2.05) is 31.3 Å². The smallest absolute Gasteiger partial charge is 0.123 e. The minimum Gasteiger partial charge on any atom is -0.388 e. The lowest BCUT2D eigenvalue weighted by molar-refractivity contribution is -0.165. The van der Waals surface area contributed by atoms with Crippen molar-refractivity contribution in [2.75, 3.05) is 19.8 Å². The number of allylic oxidation sites excluding steroid dienone is 3. The fourth-order valence-corrected chi connectivity index (χ4v) is 8.58. The molecule has 3 aliphatic carbocycles. The Morgan fingerprint density at radius 2 is 1.95 bits per heavy atom. The first-order valence-corrected chi connectivity index (χ1v) is 13.6. The molecule has 1 saturated carbocycles. The van der Waals surface area contributed by atoms with Gasteiger partial charge in [-0.25, -0.2) is 4.98 Å². The third-order valence-corrected chi connectivity index (χ3v) is 10.7. The number of aromatic nitrogens is 1. The topological polar surface area (TPSA) is 91.8 Å². The van der Waals surface area contributed by atoms with Gasteiger partial charge in [0.25, 0.3) is 0 Å². The Morgan fingerprint density at radius 3 is 2.73 bits per heavy atom. The van der Waals surface area contributed by atoms with Crippen molar-refractivity contribution in [3.05, 3.63) is 65.4 Å². The molecule has 2 bridgehead atoms. The second-order valence-corrected chi connectivity index (χ2v) is 12.5. The van der Waals surface area contributed by atoms with Crippen LogP contribution in [0, 0.1) is 17.3 Å². The number of likely N-dealkylation sites (N-methyl/N-ethyl adjacent to an activating group) is 1. The van der Waals surface area contributed by atoms with E-state index >= 15 is 0 Å². The minimum atomic E-state index is -0.904. The van der Waals surface area contributed by atoms with Crippen molar-refractivity contribution >= 4 is 22.2 Å². The molecule has 0 radical (unpaired) electrons. The number of rotatable bonds is 2. The van der Waals surface area contributed by atoms with Gasteiger partial charge in [0.2, 0.25) is 0 Å². The number of aliphatic hydroxyl groups is 2. The average Bonchev–Trinajstić information content (AvgIpc) is 3.39. The van der Waals surface area contributed by atoms with E-state index in [4.69, 9.17) is 10.5 Å². The van der Waals surface area contributed by atoms with E-state index in [9.17, 15) is 10.2 Å². The number of benzene rings is 1. The SMILES string of the molecule is CC1C=C2C=C3[C@@H](O)[C@H](O)[C@@H](N(C)C)C[C@]34CC[C@]2(O4)C2CC=C(c3ccc4cnc(N)cc4c3)[C@@]12C. The summed E-state index contributed by atoms with van der Waals surface area (Å²) in [5.74, 6) is 1.14. The largest absolute Gasteiger partial charge is 0.388 e. The lowest BCUT2D eigenvalue weighted by Crippen LogP contribution is -2.62. The van der Waals surface area contributed by atoms with E-state index in [1.165, 1.54) is 16.7 Å². The summed E-state index contributed by atoms with van der Waals surface area (Å²) in [6.45, 7) is 4.74. The number of ether oxygens (including phenoxy) is 1. The van der Waals surface area contributed by atoms with Gasteiger partial charge in [0.15, 0.2) is 0 Å². The monoisotopic (exact) mass is 499 g/mol. The molecular weight excluding hydrogens is 462 g/mol. The zero-order valence-corrected chi connectivity index (χ0v) is 22.1. The van der Waals surface area contributed by atoms with Crippen LogP contribution < -0.4 is 5.73 Å². The molecule has 1 aromatic carbocycles. The predicted octanol–water partition coefficient (Wildman–Crippen LogP) is 4.09. The van der Waals surface area contributed by atoms with E-state index in [0.29, 0.717) is 24.1 Å². The first-order chi connectivity index (χ1) is 17.6. The highest BCUT2D eigenvalue weighted by molar-refractivity contribution is 5.88. The molecule has 8 atom stereocenters. The second kappa shape index (κ2) is 7.54. The number of hydrogen-bond acceptors (Lipinski definition) is 6. The van der Waals surface area contributed by atoms with Crippen molar-refractivity contribution < 1.29 is 14.9 Å². The molecule has 2 fully saturated rings. The van der Waals surface area contributed by atoms with Gasteiger partial charge >= 0.3 is 0 Å². The Bertz CT molecular complexity index is 1410. The van der Waals surface area contributed by atoms with Crippen molar-refractivity contribution in [2.45, 2.75) is 69.0 Å². The van der Waals surface area contributed by atoms with Gasteiger partial charge in [0.05, 0.1) is 17.3 Å². The number of nitrogen functional groups attached to an aromatic ring is 1. The van der Waals surface area contributed by atoms with Crippen LogP contribution >= 0.6 is 0 Å². The van der Waals surface area contributed by atoms with Crippen molar-refractivity contribution in [2.24, 2.45) is 17.3 Å². The Hall–Kier alpha value is -2.51. The summed E-state index contributed by atoms with van der Waals surface area (Å²) >= 11 is 0. The third-order valence-electron chi connectivity index (χ3n) is 10.7. The molecule has 1 saturated heterocycles. The van der Waals surface area contributed by atoms with E-state index in [-0.39, 0.29) is 17.1 Å². The summed E-state index contributed by atoms with van der Waals surface area (Å²) in [5, 5.41) is 24.4. The quantitative estimate of drug-likeness (QED) is 0.577. The van der Waals surface area contributed by atoms with Crippen LogP contribution in [-0.4, -0.2) is 63.6 Å². The van der Waals surface area contributed by atoms with Gasteiger partial charge in [-0.05, 0) is 85.5 Å². The summed E-state index contributed by atoms with van der Waals surface area (Å²) in [5.41, 5.74) is 9.74. The summed E-state index contributed by atoms with van der Waals surface area (Å²) in [6, 6.07) is 8.44. The molecule has 194 valence electrons. The first kappa shape index (κ1) is 23.6. The molecule has 3 heterocycles. The Labute approximate surface area is 218 Å². The van der Waals surface area contributed by atoms with Gasteiger partial charge in [0, 0.05) is 29.0 Å². The molecule has 2 spiro atoms. The maximum Gasteiger partial charge on any atom is 0.123 e. The summed E-state index contributed by atoms with van der Waals surface area (Å²) in [4.78, 5) is 6.28. The number of hydrogen-bond donors (Lipinski definition) is 3. The van der Waals surface area contributed by atoms with Crippen LogP contribution in [0.4, 0.5) is 5.82 Å². The van der Waals surface area contributed by atoms with Crippen LogP contribution in [0.3, 0.4) is 0 Å². The fraction of sp³-hybridized carbons (Fsp3) is 0.516. The number of nitrogens with two attached hydrogens (primary N) is 1. The molecule has 2 aromatic rings. The molecule has 0 amide bonds. The second-order valence-electron chi connectivity index (χ2n) is 12.5. The van der Waals surface area contributed by atoms with Crippen LogP contribution in [-0.2, 0) is 4.74 Å². The maximum absolute atomic E-state index is 11.2. The summed E-state index contributed by atoms with van der Waals surface area (Å²) in [7, 11) is 3.95. The summed E-state index contributed by atoms with van der Waals surface area (Å²) < 4.78 is 7.28. The van der Waals surface area contributed by atoms with Crippen LogP contribution in [0.25, 0.3) is 16.3 Å². The van der Waals surface area contributed by atoms with E-state index in [1.54, 1.807) is 0 Å². The van der Waals surface area contributed by atoms with Crippen molar-refractivity contribution in [1.82, 2.24) is 9.88 Å². The molecule has 2 unspecified atom stereocenters. The van der Waals surface area contributed by atoms with Crippen molar-refractivity contribution in [3.8, 4) is 0 Å². The predicted molar refractivity (Wildman–Crippen MR) is 146 cm³/mol. The molecular formula is C31H37N3O3. The molecule has 4 N–H and O–H groups in total. The molecule has 6 nitrogen and oxygen atoms in total. The average molecular weight is 500 g/mol. The molecule has 5 aliphatic rings. The zero-order chi connectivity index (χ0) is 25.9. The van der Waals surface area contributed by atoms with Crippen LogP contribution in [0.5, 0.6) is 0 Å². The van der Waals surface area contributed by atoms with Crippen molar-refractivity contribution in [1.29, 1.82) is 0 Å². The maximum atomic E-state index is 11.2. The number of nitrogens with zero attached hydrogens (tertiary/aromatic N) is 2. The van der Waals surface area contributed by atoms with E-state index in [0.717, 1.165) is 35.6 Å². The first-order valence-electron chi connectivity index (χ1n) is 13.6. The van der Waals surface area contributed by atoms with E-state index in [2.05, 4.69) is 55.3 Å². The normalized spacial score (nSPS) is 42.1. The van der Waals surface area contributed by atoms with Crippen LogP contribution in [0.1, 0.15) is 45.1 Å². The van der Waals surface area contributed by atoms with Crippen LogP contribution in [0.15, 0.2) is 59.8 Å². The number of pyridine rings is 1. The van der Waals surface area contributed by atoms with Gasteiger partial charge in [-0.3, -0.25) is 0 Å². The number of anilines is 1. The Morgan fingerprint density at radius 1 is 1.14 bits per heavy atom. The van der Waals surface area contributed by atoms with E-state index < -0.39 is 17.8 Å².